The maximum Gasteiger partial charge on any atom is 0.244 e. The molecule has 1 atom stereocenters. The summed E-state index contributed by atoms with van der Waals surface area (Å²) in [5, 5.41) is 3.44. The minimum atomic E-state index is -3.91. The molecule has 8 nitrogen and oxygen atoms in total. The molecule has 0 unspecified atom stereocenters. The first-order valence-electron chi connectivity index (χ1n) is 14.9. The topological polar surface area (TPSA) is 96.0 Å². The van der Waals surface area contributed by atoms with Crippen LogP contribution in [-0.2, 0) is 39.2 Å². The highest BCUT2D eigenvalue weighted by Gasteiger charge is 2.34. The number of hydrogen-bond donors (Lipinski definition) is 1. The van der Waals surface area contributed by atoms with Crippen LogP contribution in [0.5, 0.6) is 5.75 Å². The van der Waals surface area contributed by atoms with E-state index in [0.717, 1.165) is 21.7 Å². The molecule has 0 radical (unpaired) electrons. The van der Waals surface area contributed by atoms with Crippen molar-refractivity contribution in [3.8, 4) is 5.75 Å². The first-order chi connectivity index (χ1) is 21.8. The van der Waals surface area contributed by atoms with Crippen molar-refractivity contribution in [1.82, 2.24) is 10.2 Å². The van der Waals surface area contributed by atoms with Crippen LogP contribution in [0.4, 0.5) is 5.69 Å². The predicted octanol–water partition coefficient (Wildman–Crippen LogP) is 6.24. The Morgan fingerprint density at radius 3 is 1.96 bits per heavy atom. The number of rotatable bonds is 13. The number of amides is 2. The lowest BCUT2D eigenvalue weighted by atomic mass is 10.0. The van der Waals surface area contributed by atoms with E-state index in [2.05, 4.69) is 5.32 Å². The van der Waals surface area contributed by atoms with Gasteiger partial charge in [-0.3, -0.25) is 13.9 Å². The second-order valence-electron chi connectivity index (χ2n) is 12.1. The van der Waals surface area contributed by atoms with E-state index in [9.17, 15) is 18.0 Å². The Balaban J connectivity index is 1.66. The molecule has 2 amide bonds. The molecule has 0 aliphatic heterocycles. The summed E-state index contributed by atoms with van der Waals surface area (Å²) < 4.78 is 33.1. The number of benzene rings is 4. The number of carbonyl (C=O) groups excluding carboxylic acids is 2. The summed E-state index contributed by atoms with van der Waals surface area (Å²) >= 11 is 6.52. The third-order valence-corrected chi connectivity index (χ3v) is 8.63. The van der Waals surface area contributed by atoms with Gasteiger partial charge in [-0.1, -0.05) is 90.5 Å². The van der Waals surface area contributed by atoms with Gasteiger partial charge < -0.3 is 15.0 Å². The molecule has 0 aliphatic rings. The number of anilines is 1. The smallest absolute Gasteiger partial charge is 0.244 e. The van der Waals surface area contributed by atoms with Gasteiger partial charge >= 0.3 is 0 Å². The quantitative estimate of drug-likeness (QED) is 0.183. The van der Waals surface area contributed by atoms with Crippen molar-refractivity contribution in [2.75, 3.05) is 17.1 Å². The zero-order chi connectivity index (χ0) is 33.3. The normalized spacial score (nSPS) is 12.2. The molecule has 0 bridgehead atoms. The van der Waals surface area contributed by atoms with Crippen molar-refractivity contribution in [2.24, 2.45) is 0 Å². The monoisotopic (exact) mass is 661 g/mol. The molecule has 46 heavy (non-hydrogen) atoms. The minimum absolute atomic E-state index is 0.00254. The Kier molecular flexibility index (Phi) is 11.5. The Morgan fingerprint density at radius 2 is 1.39 bits per heavy atom. The van der Waals surface area contributed by atoms with Gasteiger partial charge in [-0.25, -0.2) is 8.42 Å². The molecule has 4 rings (SSSR count). The largest absolute Gasteiger partial charge is 0.489 e. The zero-order valence-corrected chi connectivity index (χ0v) is 28.1. The van der Waals surface area contributed by atoms with Crippen LogP contribution in [0.1, 0.15) is 37.5 Å². The lowest BCUT2D eigenvalue weighted by molar-refractivity contribution is -0.140. The second-order valence-corrected chi connectivity index (χ2v) is 14.4. The van der Waals surface area contributed by atoms with Crippen molar-refractivity contribution >= 4 is 39.1 Å². The molecule has 242 valence electrons. The van der Waals surface area contributed by atoms with Crippen molar-refractivity contribution in [3.05, 3.63) is 131 Å². The number of hydrogen-bond acceptors (Lipinski definition) is 5. The fourth-order valence-corrected chi connectivity index (χ4v) is 5.93. The first kappa shape index (κ1) is 34.5. The maximum absolute atomic E-state index is 14.3. The number of carbonyl (C=O) groups is 2. The first-order valence-corrected chi connectivity index (χ1v) is 17.2. The van der Waals surface area contributed by atoms with Crippen molar-refractivity contribution in [3.63, 3.8) is 0 Å². The molecule has 0 saturated carbocycles. The highest BCUT2D eigenvalue weighted by Crippen LogP contribution is 2.25. The molecular formula is C36H40ClN3O5S. The van der Waals surface area contributed by atoms with Gasteiger partial charge in [0, 0.05) is 23.5 Å². The Morgan fingerprint density at radius 1 is 0.826 bits per heavy atom. The van der Waals surface area contributed by atoms with E-state index in [1.165, 1.54) is 4.90 Å². The summed E-state index contributed by atoms with van der Waals surface area (Å²) in [6.07, 6.45) is 1.26. The number of halogens is 1. The average molecular weight is 662 g/mol. The van der Waals surface area contributed by atoms with Crippen LogP contribution >= 0.6 is 11.6 Å². The zero-order valence-electron chi connectivity index (χ0n) is 26.5. The summed E-state index contributed by atoms with van der Waals surface area (Å²) in [7, 11) is -3.91. The lowest BCUT2D eigenvalue weighted by Gasteiger charge is -2.35. The van der Waals surface area contributed by atoms with Gasteiger partial charge in [-0.2, -0.15) is 0 Å². The summed E-state index contributed by atoms with van der Waals surface area (Å²) in [5.41, 5.74) is 2.19. The van der Waals surface area contributed by atoms with Crippen LogP contribution in [0.2, 0.25) is 5.02 Å². The van der Waals surface area contributed by atoms with Crippen LogP contribution in [0, 0.1) is 0 Å². The number of sulfonamides is 1. The van der Waals surface area contributed by atoms with Gasteiger partial charge in [0.15, 0.2) is 0 Å². The summed E-state index contributed by atoms with van der Waals surface area (Å²) in [5.74, 6) is -0.364. The maximum atomic E-state index is 14.3. The minimum Gasteiger partial charge on any atom is -0.489 e. The molecule has 0 saturated heterocycles. The molecule has 0 fully saturated rings. The average Bonchev–Trinajstić information content (AvgIpc) is 3.01. The fraction of sp³-hybridized carbons (Fsp3) is 0.278. The Bertz CT molecular complexity index is 1710. The van der Waals surface area contributed by atoms with Crippen LogP contribution in [0.3, 0.4) is 0 Å². The molecule has 4 aromatic rings. The van der Waals surface area contributed by atoms with Gasteiger partial charge in [0.1, 0.15) is 24.9 Å². The van der Waals surface area contributed by atoms with E-state index in [1.807, 2.05) is 81.4 Å². The molecule has 0 aromatic heterocycles. The van der Waals surface area contributed by atoms with Crippen LogP contribution < -0.4 is 14.4 Å². The van der Waals surface area contributed by atoms with Crippen molar-refractivity contribution < 1.29 is 22.7 Å². The van der Waals surface area contributed by atoms with Crippen LogP contribution in [0.25, 0.3) is 0 Å². The van der Waals surface area contributed by atoms with Gasteiger partial charge in [0.05, 0.1) is 11.9 Å². The van der Waals surface area contributed by atoms with Gasteiger partial charge in [0.25, 0.3) is 0 Å². The summed E-state index contributed by atoms with van der Waals surface area (Å²) in [6.45, 7) is 5.42. The standard InChI is InChI=1S/C36H40ClN3O5S/c1-36(2,3)38-35(42)33(23-27-13-7-5-8-14-27)39(24-29-17-11-12-18-32(29)37)34(41)25-40(46(4,43)44)30-19-21-31(22-20-30)45-26-28-15-9-6-10-16-28/h5-22,33H,23-26H2,1-4H3,(H,38,42)/t33-/m0/s1. The van der Waals surface area contributed by atoms with E-state index in [-0.39, 0.29) is 18.9 Å². The third kappa shape index (κ3) is 10.1. The molecule has 0 heterocycles. The van der Waals surface area contributed by atoms with E-state index >= 15 is 0 Å². The van der Waals surface area contributed by atoms with Crippen molar-refractivity contribution in [1.29, 1.82) is 0 Å². The Labute approximate surface area is 277 Å². The summed E-state index contributed by atoms with van der Waals surface area (Å²) in [6, 6.07) is 31.7. The van der Waals surface area contributed by atoms with Gasteiger partial charge in [-0.15, -0.1) is 0 Å². The second kappa shape index (κ2) is 15.3. The molecule has 10 heteroatoms. The molecule has 1 N–H and O–H groups in total. The number of nitrogens with one attached hydrogen (secondary N) is 1. The highest BCUT2D eigenvalue weighted by molar-refractivity contribution is 7.92. The molecule has 0 aliphatic carbocycles. The molecule has 4 aromatic carbocycles. The molecule has 0 spiro atoms. The van der Waals surface area contributed by atoms with Crippen molar-refractivity contribution in [2.45, 2.75) is 51.9 Å². The highest BCUT2D eigenvalue weighted by atomic mass is 35.5. The summed E-state index contributed by atoms with van der Waals surface area (Å²) in [4.78, 5) is 29.6. The van der Waals surface area contributed by atoms with Gasteiger partial charge in [-0.05, 0) is 67.8 Å². The van der Waals surface area contributed by atoms with E-state index < -0.39 is 34.1 Å². The third-order valence-electron chi connectivity index (χ3n) is 7.12. The van der Waals surface area contributed by atoms with E-state index in [1.54, 1.807) is 48.5 Å². The van der Waals surface area contributed by atoms with Crippen LogP contribution in [-0.4, -0.2) is 49.5 Å². The SMILES string of the molecule is CC(C)(C)NC(=O)[C@H](Cc1ccccc1)N(Cc1ccccc1Cl)C(=O)CN(c1ccc(OCc2ccccc2)cc1)S(C)(=O)=O. The van der Waals surface area contributed by atoms with Gasteiger partial charge in [0.2, 0.25) is 21.8 Å². The van der Waals surface area contributed by atoms with Crippen LogP contribution in [0.15, 0.2) is 109 Å². The van der Waals surface area contributed by atoms with E-state index in [4.69, 9.17) is 16.3 Å². The lowest BCUT2D eigenvalue weighted by Crippen LogP contribution is -2.56. The Hall–Kier alpha value is -4.34. The number of nitrogens with zero attached hydrogens (tertiary/aromatic N) is 2. The van der Waals surface area contributed by atoms with E-state index in [0.29, 0.717) is 28.6 Å². The molecular weight excluding hydrogens is 622 g/mol. The fourth-order valence-electron chi connectivity index (χ4n) is 4.88. The predicted molar refractivity (Wildman–Crippen MR) is 183 cm³/mol. The number of ether oxygens (including phenoxy) is 1.